The summed E-state index contributed by atoms with van der Waals surface area (Å²) < 4.78 is 32.5. The Labute approximate surface area is 204 Å². The van der Waals surface area contributed by atoms with Gasteiger partial charge in [0.05, 0.1) is 31.7 Å². The average molecular weight is 505 g/mol. The first-order valence-corrected chi connectivity index (χ1v) is 13.2. The predicted molar refractivity (Wildman–Crippen MR) is 133 cm³/mol. The fraction of sp³-hybridized carbons (Fsp3) is 0.478. The molecule has 0 aliphatic heterocycles. The number of aromatic nitrogens is 4. The Morgan fingerprint density at radius 1 is 1.17 bits per heavy atom. The largest absolute Gasteiger partial charge is 0.462 e. The molecule has 0 fully saturated rings. The van der Waals surface area contributed by atoms with Gasteiger partial charge >= 0.3 is 5.97 Å². The molecule has 3 atom stereocenters. The van der Waals surface area contributed by atoms with Crippen LogP contribution < -0.4 is 10.8 Å². The van der Waals surface area contributed by atoms with Crippen LogP contribution in [0.25, 0.3) is 11.2 Å². The van der Waals surface area contributed by atoms with E-state index in [1.54, 1.807) is 31.7 Å². The Morgan fingerprint density at radius 3 is 2.63 bits per heavy atom. The number of rotatable bonds is 12. The standard InChI is InChI=1S/C23H33N6O5P/c1-15(2)34-23(30)18(5)28-35(31,33-11-19-9-7-6-8-16(19)3)14-32-17(4)10-29-13-27-20-21(24)25-12-26-22(20)29/h6-9,12-13,15,17-18H,10-11,14H2,1-5H3,(H,28,31)(H2,24,25,26)/t17-,18-,35+/m1/s1. The Hall–Kier alpha value is -2.85. The summed E-state index contributed by atoms with van der Waals surface area (Å²) in [5.41, 5.74) is 8.83. The van der Waals surface area contributed by atoms with Crippen molar-refractivity contribution in [3.63, 3.8) is 0 Å². The molecule has 1 aromatic carbocycles. The first kappa shape index (κ1) is 26.7. The second kappa shape index (κ2) is 11.7. The normalized spacial score (nSPS) is 15.1. The van der Waals surface area contributed by atoms with Gasteiger partial charge in [0, 0.05) is 0 Å². The van der Waals surface area contributed by atoms with E-state index in [1.165, 1.54) is 6.33 Å². The zero-order chi connectivity index (χ0) is 25.6. The van der Waals surface area contributed by atoms with Crippen LogP contribution in [-0.4, -0.2) is 50.1 Å². The van der Waals surface area contributed by atoms with Crippen molar-refractivity contribution in [1.82, 2.24) is 24.6 Å². The SMILES string of the molecule is Cc1ccccc1CO[P@@](=O)(CO[C@H](C)Cn1cnc2c(N)ncnc21)N[C@H](C)C(=O)OC(C)C. The maximum absolute atomic E-state index is 13.7. The molecule has 11 nitrogen and oxygen atoms in total. The van der Waals surface area contributed by atoms with Crippen LogP contribution in [0.4, 0.5) is 5.82 Å². The van der Waals surface area contributed by atoms with Crippen LogP contribution in [0, 0.1) is 6.92 Å². The number of nitrogens with zero attached hydrogens (tertiary/aromatic N) is 4. The van der Waals surface area contributed by atoms with E-state index >= 15 is 0 Å². The first-order valence-electron chi connectivity index (χ1n) is 11.4. The molecule has 2 heterocycles. The van der Waals surface area contributed by atoms with E-state index < -0.39 is 19.5 Å². The highest BCUT2D eigenvalue weighted by Crippen LogP contribution is 2.44. The molecular formula is C23H33N6O5P. The topological polar surface area (TPSA) is 143 Å². The highest BCUT2D eigenvalue weighted by molar-refractivity contribution is 7.56. The number of nitrogens with one attached hydrogen (secondary N) is 1. The Bertz CT molecular complexity index is 1200. The summed E-state index contributed by atoms with van der Waals surface area (Å²) in [6.45, 7) is 9.35. The van der Waals surface area contributed by atoms with Gasteiger partial charge in [-0.15, -0.1) is 0 Å². The smallest absolute Gasteiger partial charge is 0.323 e. The molecule has 3 aromatic rings. The fourth-order valence-corrected chi connectivity index (χ4v) is 5.04. The Balaban J connectivity index is 1.69. The third-order valence-electron chi connectivity index (χ3n) is 5.20. The van der Waals surface area contributed by atoms with E-state index in [0.29, 0.717) is 23.5 Å². The number of fused-ring (bicyclic) bond motifs is 1. The number of anilines is 1. The molecule has 0 radical (unpaired) electrons. The molecule has 0 aliphatic rings. The number of imidazole rings is 1. The van der Waals surface area contributed by atoms with Crippen molar-refractivity contribution in [3.05, 3.63) is 48.0 Å². The van der Waals surface area contributed by atoms with Gasteiger partial charge in [0.15, 0.2) is 11.5 Å². The lowest BCUT2D eigenvalue weighted by Gasteiger charge is -2.25. The molecule has 3 N–H and O–H groups in total. The molecule has 0 aliphatic carbocycles. The summed E-state index contributed by atoms with van der Waals surface area (Å²) in [7, 11) is -3.60. The molecule has 0 saturated carbocycles. The van der Waals surface area contributed by atoms with Gasteiger partial charge in [0.25, 0.3) is 7.52 Å². The summed E-state index contributed by atoms with van der Waals surface area (Å²) in [6, 6.07) is 6.80. The van der Waals surface area contributed by atoms with E-state index in [0.717, 1.165) is 11.1 Å². The van der Waals surface area contributed by atoms with Crippen molar-refractivity contribution >= 4 is 30.5 Å². The van der Waals surface area contributed by atoms with Crippen LogP contribution in [-0.2, 0) is 36.5 Å². The lowest BCUT2D eigenvalue weighted by Crippen LogP contribution is -2.36. The summed E-state index contributed by atoms with van der Waals surface area (Å²) in [6.07, 6.45) is 2.06. The summed E-state index contributed by atoms with van der Waals surface area (Å²) in [5.74, 6) is -0.224. The minimum atomic E-state index is -3.60. The molecule has 190 valence electrons. The first-order chi connectivity index (χ1) is 16.6. The van der Waals surface area contributed by atoms with Crippen molar-refractivity contribution < 1.29 is 23.4 Å². The van der Waals surface area contributed by atoms with E-state index in [9.17, 15) is 9.36 Å². The number of esters is 1. The van der Waals surface area contributed by atoms with Gasteiger partial charge < -0.3 is 24.3 Å². The van der Waals surface area contributed by atoms with Crippen molar-refractivity contribution in [3.8, 4) is 0 Å². The van der Waals surface area contributed by atoms with Gasteiger partial charge in [-0.25, -0.2) is 20.0 Å². The third-order valence-corrected chi connectivity index (χ3v) is 7.01. The molecule has 12 heteroatoms. The Kier molecular flexibility index (Phi) is 8.96. The summed E-state index contributed by atoms with van der Waals surface area (Å²) >= 11 is 0. The fourth-order valence-electron chi connectivity index (χ4n) is 3.33. The Morgan fingerprint density at radius 2 is 1.91 bits per heavy atom. The quantitative estimate of drug-likeness (QED) is 0.278. The van der Waals surface area contributed by atoms with E-state index in [4.69, 9.17) is 19.7 Å². The van der Waals surface area contributed by atoms with Gasteiger partial charge in [0.2, 0.25) is 0 Å². The number of nitrogens with two attached hydrogens (primary N) is 1. The lowest BCUT2D eigenvalue weighted by atomic mass is 10.1. The molecule has 2 aromatic heterocycles. The zero-order valence-electron chi connectivity index (χ0n) is 20.7. The summed E-state index contributed by atoms with van der Waals surface area (Å²) in [5, 5.41) is 2.82. The lowest BCUT2D eigenvalue weighted by molar-refractivity contribution is -0.149. The van der Waals surface area contributed by atoms with Crippen molar-refractivity contribution in [2.45, 2.75) is 66.0 Å². The van der Waals surface area contributed by atoms with Crippen LogP contribution in [0.2, 0.25) is 0 Å². The van der Waals surface area contributed by atoms with Crippen molar-refractivity contribution in [2.24, 2.45) is 0 Å². The molecule has 0 bridgehead atoms. The van der Waals surface area contributed by atoms with Crippen LogP contribution in [0.3, 0.4) is 0 Å². The van der Waals surface area contributed by atoms with Gasteiger partial charge in [-0.3, -0.25) is 9.36 Å². The third kappa shape index (κ3) is 7.32. The number of aryl methyl sites for hydroxylation is 1. The zero-order valence-corrected chi connectivity index (χ0v) is 21.6. The van der Waals surface area contributed by atoms with Crippen LogP contribution in [0.1, 0.15) is 38.8 Å². The minimum absolute atomic E-state index is 0.100. The predicted octanol–water partition coefficient (Wildman–Crippen LogP) is 3.42. The monoisotopic (exact) mass is 504 g/mol. The molecule has 0 unspecified atom stereocenters. The molecule has 0 saturated heterocycles. The van der Waals surface area contributed by atoms with Gasteiger partial charge in [-0.05, 0) is 45.7 Å². The maximum atomic E-state index is 13.7. The number of benzene rings is 1. The average Bonchev–Trinajstić information content (AvgIpc) is 3.21. The minimum Gasteiger partial charge on any atom is -0.462 e. The number of hydrogen-bond acceptors (Lipinski definition) is 9. The van der Waals surface area contributed by atoms with Crippen LogP contribution in [0.5, 0.6) is 0 Å². The van der Waals surface area contributed by atoms with Crippen LogP contribution in [0.15, 0.2) is 36.9 Å². The molecule has 0 spiro atoms. The second-order valence-electron chi connectivity index (χ2n) is 8.64. The number of carbonyl (C=O) groups is 1. The van der Waals surface area contributed by atoms with Gasteiger partial charge in [-0.2, -0.15) is 0 Å². The van der Waals surface area contributed by atoms with Crippen molar-refractivity contribution in [1.29, 1.82) is 0 Å². The molecular weight excluding hydrogens is 471 g/mol. The van der Waals surface area contributed by atoms with Crippen LogP contribution >= 0.6 is 7.52 Å². The number of hydrogen-bond donors (Lipinski definition) is 2. The number of carbonyl (C=O) groups excluding carboxylic acids is 1. The van der Waals surface area contributed by atoms with Gasteiger partial charge in [-0.1, -0.05) is 24.3 Å². The number of nitrogen functional groups attached to an aromatic ring is 1. The molecule has 35 heavy (non-hydrogen) atoms. The molecule has 0 amide bonds. The maximum Gasteiger partial charge on any atom is 0.323 e. The van der Waals surface area contributed by atoms with Crippen molar-refractivity contribution in [2.75, 3.05) is 12.1 Å². The highest BCUT2D eigenvalue weighted by atomic mass is 31.2. The van der Waals surface area contributed by atoms with Gasteiger partial charge in [0.1, 0.15) is 24.2 Å². The molecule has 3 rings (SSSR count). The van der Waals surface area contributed by atoms with E-state index in [-0.39, 0.29) is 25.2 Å². The second-order valence-corrected chi connectivity index (χ2v) is 10.8. The van der Waals surface area contributed by atoms with E-state index in [2.05, 4.69) is 20.0 Å². The van der Waals surface area contributed by atoms with E-state index in [1.807, 2.05) is 38.1 Å². The number of ether oxygens (including phenoxy) is 2. The highest BCUT2D eigenvalue weighted by Gasteiger charge is 2.31. The summed E-state index contributed by atoms with van der Waals surface area (Å²) in [4.78, 5) is 24.7.